The largest absolute Gasteiger partial charge is 0.390 e. The number of nitrogens with zero attached hydrogens (tertiary/aromatic N) is 6. The highest BCUT2D eigenvalue weighted by Gasteiger charge is 2.36. The van der Waals surface area contributed by atoms with Crippen molar-refractivity contribution in [1.82, 2.24) is 24.4 Å². The molecule has 2 fully saturated rings. The fourth-order valence-corrected chi connectivity index (χ4v) is 5.86. The fraction of sp³-hybridized carbons (Fsp3) is 0.500. The van der Waals surface area contributed by atoms with Crippen LogP contribution in [0.5, 0.6) is 0 Å². The van der Waals surface area contributed by atoms with Crippen LogP contribution in [0.4, 0.5) is 11.4 Å². The topological polar surface area (TPSA) is 116 Å². The maximum absolute atomic E-state index is 13.5. The molecule has 3 aliphatic rings. The molecule has 1 unspecified atom stereocenters. The van der Waals surface area contributed by atoms with E-state index in [2.05, 4.69) is 25.2 Å². The summed E-state index contributed by atoms with van der Waals surface area (Å²) >= 11 is 0. The van der Waals surface area contributed by atoms with Crippen LogP contribution in [-0.4, -0.2) is 98.4 Å². The average Bonchev–Trinajstić information content (AvgIpc) is 3.43. The van der Waals surface area contributed by atoms with Gasteiger partial charge >= 0.3 is 0 Å². The number of aromatic nitrogens is 3. The third-order valence-electron chi connectivity index (χ3n) is 7.94. The SMILES string of the molecule is CC(CC(C)(C)O)N1Cc2cc(NC(=O)c3cnn4cccnc34)c(N3CCN(C4COC4)CC3)cc2C1=O. The van der Waals surface area contributed by atoms with Crippen molar-refractivity contribution in [3.8, 4) is 0 Å². The molecular weight excluding hydrogens is 498 g/mol. The number of aliphatic hydroxyl groups is 1. The van der Waals surface area contributed by atoms with Gasteiger partial charge in [0, 0.05) is 56.7 Å². The van der Waals surface area contributed by atoms with Crippen LogP contribution in [0.1, 0.15) is 53.5 Å². The highest BCUT2D eigenvalue weighted by atomic mass is 16.5. The molecule has 5 heterocycles. The van der Waals surface area contributed by atoms with Crippen molar-refractivity contribution < 1.29 is 19.4 Å². The fourth-order valence-electron chi connectivity index (χ4n) is 5.86. The Morgan fingerprint density at radius 3 is 2.69 bits per heavy atom. The van der Waals surface area contributed by atoms with Gasteiger partial charge < -0.3 is 25.0 Å². The van der Waals surface area contributed by atoms with Gasteiger partial charge in [0.2, 0.25) is 0 Å². The zero-order valence-electron chi connectivity index (χ0n) is 22.6. The lowest BCUT2D eigenvalue weighted by Crippen LogP contribution is -2.56. The van der Waals surface area contributed by atoms with Gasteiger partial charge in [0.05, 0.1) is 42.4 Å². The lowest BCUT2D eigenvalue weighted by molar-refractivity contribution is -0.0660. The van der Waals surface area contributed by atoms with Crippen LogP contribution in [0.3, 0.4) is 0 Å². The van der Waals surface area contributed by atoms with E-state index in [1.165, 1.54) is 6.20 Å². The number of anilines is 2. The van der Waals surface area contributed by atoms with Crippen LogP contribution in [0.2, 0.25) is 0 Å². The quantitative estimate of drug-likeness (QED) is 0.474. The van der Waals surface area contributed by atoms with Crippen LogP contribution < -0.4 is 10.2 Å². The van der Waals surface area contributed by atoms with Crippen molar-refractivity contribution in [2.24, 2.45) is 0 Å². The van der Waals surface area contributed by atoms with Crippen LogP contribution in [0.25, 0.3) is 5.65 Å². The number of carbonyl (C=O) groups excluding carboxylic acids is 2. The average molecular weight is 534 g/mol. The normalized spacial score (nSPS) is 19.3. The van der Waals surface area contributed by atoms with Gasteiger partial charge in [-0.3, -0.25) is 14.5 Å². The number of rotatable bonds is 7. The number of fused-ring (bicyclic) bond motifs is 2. The minimum absolute atomic E-state index is 0.0436. The summed E-state index contributed by atoms with van der Waals surface area (Å²) in [5.74, 6) is -0.343. The minimum atomic E-state index is -0.883. The molecular formula is C28H35N7O4. The van der Waals surface area contributed by atoms with Crippen molar-refractivity contribution in [1.29, 1.82) is 0 Å². The van der Waals surface area contributed by atoms with Gasteiger partial charge in [-0.05, 0) is 51.0 Å². The van der Waals surface area contributed by atoms with E-state index in [1.54, 1.807) is 36.8 Å². The first kappa shape index (κ1) is 25.7. The Labute approximate surface area is 227 Å². The summed E-state index contributed by atoms with van der Waals surface area (Å²) in [4.78, 5) is 37.8. The van der Waals surface area contributed by atoms with Crippen LogP contribution in [0.15, 0.2) is 36.8 Å². The molecule has 206 valence electrons. The van der Waals surface area contributed by atoms with E-state index >= 15 is 0 Å². The highest BCUT2D eigenvalue weighted by Crippen LogP contribution is 2.37. The monoisotopic (exact) mass is 533 g/mol. The van der Waals surface area contributed by atoms with E-state index in [0.717, 1.165) is 50.6 Å². The van der Waals surface area contributed by atoms with E-state index in [0.29, 0.717) is 41.5 Å². The van der Waals surface area contributed by atoms with Gasteiger partial charge in [-0.25, -0.2) is 9.50 Å². The first-order valence-corrected chi connectivity index (χ1v) is 13.5. The predicted octanol–water partition coefficient (Wildman–Crippen LogP) is 2.01. The first-order valence-electron chi connectivity index (χ1n) is 13.5. The molecule has 0 aliphatic carbocycles. The summed E-state index contributed by atoms with van der Waals surface area (Å²) in [5, 5.41) is 17.7. The molecule has 2 N–H and O–H groups in total. The van der Waals surface area contributed by atoms with Crippen LogP contribution >= 0.6 is 0 Å². The molecule has 1 atom stereocenters. The number of carbonyl (C=O) groups is 2. The second kappa shape index (κ2) is 9.89. The zero-order valence-corrected chi connectivity index (χ0v) is 22.6. The number of hydrogen-bond acceptors (Lipinski definition) is 8. The van der Waals surface area contributed by atoms with Crippen LogP contribution in [-0.2, 0) is 11.3 Å². The molecule has 0 saturated carbocycles. The van der Waals surface area contributed by atoms with Gasteiger partial charge in [0.15, 0.2) is 5.65 Å². The Morgan fingerprint density at radius 1 is 1.23 bits per heavy atom. The second-order valence-corrected chi connectivity index (χ2v) is 11.4. The van der Waals surface area contributed by atoms with E-state index in [4.69, 9.17) is 4.74 Å². The van der Waals surface area contributed by atoms with E-state index in [-0.39, 0.29) is 17.9 Å². The Bertz CT molecular complexity index is 1400. The summed E-state index contributed by atoms with van der Waals surface area (Å²) in [6, 6.07) is 5.96. The first-order chi connectivity index (χ1) is 18.7. The standard InChI is InChI=1S/C28H35N7O4/c1-18(13-28(2,3)38)34-15-19-11-23(31-26(36)22-14-30-35-6-4-5-29-25(22)35)24(12-21(19)27(34)37)33-9-7-32(8-10-33)20-16-39-17-20/h4-6,11-12,14,18,20,38H,7-10,13,15-17H2,1-3H3,(H,31,36). The number of benzene rings is 1. The molecule has 1 aromatic carbocycles. The number of ether oxygens (including phenoxy) is 1. The molecule has 2 amide bonds. The van der Waals surface area contributed by atoms with E-state index < -0.39 is 5.60 Å². The summed E-state index contributed by atoms with van der Waals surface area (Å²) in [6.07, 6.45) is 5.38. The maximum Gasteiger partial charge on any atom is 0.261 e. The summed E-state index contributed by atoms with van der Waals surface area (Å²) in [5.41, 5.74) is 3.00. The van der Waals surface area contributed by atoms with Crippen LogP contribution in [0, 0.1) is 0 Å². The van der Waals surface area contributed by atoms with E-state index in [1.807, 2.05) is 24.0 Å². The zero-order chi connectivity index (χ0) is 27.3. The summed E-state index contributed by atoms with van der Waals surface area (Å²) < 4.78 is 6.95. The van der Waals surface area contributed by atoms with Gasteiger partial charge in [-0.1, -0.05) is 0 Å². The van der Waals surface area contributed by atoms with Crippen molar-refractivity contribution >= 4 is 28.8 Å². The molecule has 0 spiro atoms. The Morgan fingerprint density at radius 2 is 2.00 bits per heavy atom. The minimum Gasteiger partial charge on any atom is -0.390 e. The smallest absolute Gasteiger partial charge is 0.261 e. The lowest BCUT2D eigenvalue weighted by atomic mass is 9.99. The molecule has 3 aliphatic heterocycles. The van der Waals surface area contributed by atoms with E-state index in [9.17, 15) is 14.7 Å². The predicted molar refractivity (Wildman–Crippen MR) is 146 cm³/mol. The number of nitrogens with one attached hydrogen (secondary N) is 1. The lowest BCUT2D eigenvalue weighted by Gasteiger charge is -2.43. The van der Waals surface area contributed by atoms with Crippen molar-refractivity contribution in [3.05, 3.63) is 53.5 Å². The summed E-state index contributed by atoms with van der Waals surface area (Å²) in [6.45, 7) is 10.8. The number of hydrogen-bond donors (Lipinski definition) is 2. The third kappa shape index (κ3) is 4.97. The third-order valence-corrected chi connectivity index (χ3v) is 7.94. The molecule has 2 saturated heterocycles. The molecule has 0 bridgehead atoms. The number of piperazine rings is 1. The second-order valence-electron chi connectivity index (χ2n) is 11.4. The van der Waals surface area contributed by atoms with Gasteiger partial charge in [0.1, 0.15) is 5.56 Å². The maximum atomic E-state index is 13.5. The van der Waals surface area contributed by atoms with Gasteiger partial charge in [-0.2, -0.15) is 5.10 Å². The molecule has 39 heavy (non-hydrogen) atoms. The summed E-state index contributed by atoms with van der Waals surface area (Å²) in [7, 11) is 0. The molecule has 0 radical (unpaired) electrons. The molecule has 3 aromatic rings. The van der Waals surface area contributed by atoms with Crippen molar-refractivity contribution in [2.75, 3.05) is 49.6 Å². The molecule has 6 rings (SSSR count). The molecule has 11 nitrogen and oxygen atoms in total. The Balaban J connectivity index is 1.30. The highest BCUT2D eigenvalue weighted by molar-refractivity contribution is 6.10. The molecule has 2 aromatic heterocycles. The van der Waals surface area contributed by atoms with Gasteiger partial charge in [0.25, 0.3) is 11.8 Å². The molecule has 11 heteroatoms. The Kier molecular flexibility index (Phi) is 6.52. The number of amides is 2. The van der Waals surface area contributed by atoms with Gasteiger partial charge in [-0.15, -0.1) is 0 Å². The Hall–Kier alpha value is -3.54. The van der Waals surface area contributed by atoms with Crippen molar-refractivity contribution in [2.45, 2.75) is 51.4 Å². The van der Waals surface area contributed by atoms with Crippen molar-refractivity contribution in [3.63, 3.8) is 0 Å².